The molecule has 0 saturated carbocycles. The van der Waals surface area contributed by atoms with Gasteiger partial charge in [0.05, 0.1) is 36.4 Å². The van der Waals surface area contributed by atoms with Crippen LogP contribution in [0.2, 0.25) is 0 Å². The molecule has 1 aromatic carbocycles. The van der Waals surface area contributed by atoms with Crippen molar-refractivity contribution in [2.24, 2.45) is 0 Å². The van der Waals surface area contributed by atoms with Gasteiger partial charge < -0.3 is 4.74 Å². The number of benzene rings is 1. The predicted octanol–water partition coefficient (Wildman–Crippen LogP) is 1.64. The lowest BCUT2D eigenvalue weighted by molar-refractivity contribution is -0.117. The molecular weight excluding hydrogens is 408 g/mol. The largest absolute Gasteiger partial charge is 0.465 e. The van der Waals surface area contributed by atoms with E-state index in [2.05, 4.69) is 0 Å². The van der Waals surface area contributed by atoms with Crippen LogP contribution in [0.5, 0.6) is 0 Å². The van der Waals surface area contributed by atoms with Crippen LogP contribution < -0.4 is 4.31 Å². The van der Waals surface area contributed by atoms with Crippen molar-refractivity contribution in [1.29, 1.82) is 0 Å². The summed E-state index contributed by atoms with van der Waals surface area (Å²) in [4.78, 5) is 24.7. The average molecular weight is 431 g/mol. The first kappa shape index (κ1) is 21.9. The molecule has 0 atom stereocenters. The summed E-state index contributed by atoms with van der Waals surface area (Å²) < 4.78 is 55.2. The fraction of sp³-hybridized carbons (Fsp3) is 0.412. The Morgan fingerprint density at radius 1 is 1.14 bits per heavy atom. The molecule has 1 amide bonds. The van der Waals surface area contributed by atoms with E-state index in [0.29, 0.717) is 10.7 Å². The predicted molar refractivity (Wildman–Crippen MR) is 105 cm³/mol. The summed E-state index contributed by atoms with van der Waals surface area (Å²) in [6, 6.07) is 4.01. The minimum atomic E-state index is -3.94. The fourth-order valence-corrected chi connectivity index (χ4v) is 5.19. The molecule has 0 spiro atoms. The van der Waals surface area contributed by atoms with Gasteiger partial charge in [-0.3, -0.25) is 4.79 Å². The van der Waals surface area contributed by atoms with Crippen molar-refractivity contribution in [1.82, 2.24) is 3.97 Å². The van der Waals surface area contributed by atoms with Crippen LogP contribution in [0.1, 0.15) is 35.8 Å². The van der Waals surface area contributed by atoms with Gasteiger partial charge in [0.1, 0.15) is 0 Å². The molecule has 9 nitrogen and oxygen atoms in total. The lowest BCUT2D eigenvalue weighted by atomic mass is 10.1. The van der Waals surface area contributed by atoms with Crippen molar-refractivity contribution in [2.75, 3.05) is 23.9 Å². The summed E-state index contributed by atoms with van der Waals surface area (Å²) in [6.07, 6.45) is 2.35. The highest BCUT2D eigenvalue weighted by Crippen LogP contribution is 2.32. The first-order chi connectivity index (χ1) is 12.8. The van der Waals surface area contributed by atoms with Gasteiger partial charge in [-0.2, -0.15) is 0 Å². The van der Waals surface area contributed by atoms with Gasteiger partial charge in [-0.05, 0) is 31.5 Å². The number of anilines is 1. The monoisotopic (exact) mass is 430 g/mol. The molecule has 28 heavy (non-hydrogen) atoms. The number of hydrogen-bond donors (Lipinski definition) is 0. The Balaban J connectivity index is 2.90. The third kappa shape index (κ3) is 3.90. The molecule has 0 fully saturated rings. The van der Waals surface area contributed by atoms with Gasteiger partial charge in [-0.1, -0.05) is 6.92 Å². The standard InChI is InChI=1S/C17H22N2O7S2/c1-6-7-15(20)19(28(5,24)25)12-8-9-14-13(10-12)16(17(21)26-3)11(2)18(14)27(4,22)23/h8-10H,6-7H2,1-5H3. The third-order valence-corrected chi connectivity index (χ3v) is 6.32. The number of sulfonamides is 1. The Morgan fingerprint density at radius 2 is 1.75 bits per heavy atom. The van der Waals surface area contributed by atoms with Crippen LogP contribution in [0.25, 0.3) is 10.9 Å². The Hall–Kier alpha value is -2.40. The van der Waals surface area contributed by atoms with Crippen LogP contribution in [0.15, 0.2) is 18.2 Å². The molecule has 0 bridgehead atoms. The van der Waals surface area contributed by atoms with E-state index in [9.17, 15) is 26.4 Å². The van der Waals surface area contributed by atoms with E-state index in [0.717, 1.165) is 23.6 Å². The Labute approximate surface area is 164 Å². The molecule has 0 saturated heterocycles. The number of fused-ring (bicyclic) bond motifs is 1. The number of aromatic nitrogens is 1. The van der Waals surface area contributed by atoms with E-state index in [4.69, 9.17) is 4.74 Å². The van der Waals surface area contributed by atoms with Crippen molar-refractivity contribution in [3.05, 3.63) is 29.5 Å². The molecule has 154 valence electrons. The van der Waals surface area contributed by atoms with Gasteiger partial charge in [0, 0.05) is 17.5 Å². The second-order valence-corrected chi connectivity index (χ2v) is 10.0. The fourth-order valence-electron chi connectivity index (χ4n) is 3.13. The minimum Gasteiger partial charge on any atom is -0.465 e. The molecule has 2 rings (SSSR count). The zero-order valence-electron chi connectivity index (χ0n) is 16.2. The zero-order valence-corrected chi connectivity index (χ0v) is 17.8. The summed E-state index contributed by atoms with van der Waals surface area (Å²) in [5, 5.41) is 0.172. The smallest absolute Gasteiger partial charge is 0.340 e. The molecule has 0 unspecified atom stereocenters. The highest BCUT2D eigenvalue weighted by Gasteiger charge is 2.29. The van der Waals surface area contributed by atoms with Crippen LogP contribution >= 0.6 is 0 Å². The summed E-state index contributed by atoms with van der Waals surface area (Å²) in [7, 11) is -6.54. The molecule has 0 N–H and O–H groups in total. The van der Waals surface area contributed by atoms with Gasteiger partial charge in [0.25, 0.3) is 0 Å². The maximum atomic E-state index is 12.4. The van der Waals surface area contributed by atoms with E-state index in [-0.39, 0.29) is 34.3 Å². The molecule has 0 aliphatic heterocycles. The van der Waals surface area contributed by atoms with Crippen LogP contribution in [0, 0.1) is 6.92 Å². The summed E-state index contributed by atoms with van der Waals surface area (Å²) >= 11 is 0. The lowest BCUT2D eigenvalue weighted by Gasteiger charge is -2.20. The van der Waals surface area contributed by atoms with Crippen molar-refractivity contribution < 1.29 is 31.2 Å². The SMILES string of the molecule is CCCC(=O)N(c1ccc2c(c1)c(C(=O)OC)c(C)n2S(C)(=O)=O)S(C)(=O)=O. The second kappa shape index (κ2) is 7.55. The summed E-state index contributed by atoms with van der Waals surface area (Å²) in [5.74, 6) is -1.39. The number of nitrogens with zero attached hydrogens (tertiary/aromatic N) is 2. The number of hydrogen-bond acceptors (Lipinski definition) is 7. The Kier molecular flexibility index (Phi) is 5.90. The lowest BCUT2D eigenvalue weighted by Crippen LogP contribution is -2.35. The second-order valence-electron chi connectivity index (χ2n) is 6.35. The van der Waals surface area contributed by atoms with Crippen molar-refractivity contribution >= 4 is 48.5 Å². The van der Waals surface area contributed by atoms with Gasteiger partial charge in [0.2, 0.25) is 26.0 Å². The van der Waals surface area contributed by atoms with Crippen LogP contribution in [0.3, 0.4) is 0 Å². The first-order valence-corrected chi connectivity index (χ1v) is 12.0. The number of rotatable bonds is 6. The third-order valence-electron chi connectivity index (χ3n) is 4.11. The molecule has 2 aromatic rings. The Morgan fingerprint density at radius 3 is 2.21 bits per heavy atom. The summed E-state index contributed by atoms with van der Waals surface area (Å²) in [5.41, 5.74) is 0.318. The number of ether oxygens (including phenoxy) is 1. The highest BCUT2D eigenvalue weighted by atomic mass is 32.2. The number of carbonyl (C=O) groups excluding carboxylic acids is 2. The molecule has 11 heteroatoms. The maximum Gasteiger partial charge on any atom is 0.340 e. The maximum absolute atomic E-state index is 12.4. The van der Waals surface area contributed by atoms with Crippen LogP contribution in [-0.4, -0.2) is 52.3 Å². The number of esters is 1. The Bertz CT molecular complexity index is 1160. The quantitative estimate of drug-likeness (QED) is 0.639. The van der Waals surface area contributed by atoms with Gasteiger partial charge in [0.15, 0.2) is 0 Å². The van der Waals surface area contributed by atoms with Gasteiger partial charge in [-0.15, -0.1) is 0 Å². The number of amides is 1. The molecule has 1 heterocycles. The first-order valence-electron chi connectivity index (χ1n) is 8.31. The van der Waals surface area contributed by atoms with E-state index in [1.807, 2.05) is 0 Å². The van der Waals surface area contributed by atoms with Crippen LogP contribution in [-0.2, 0) is 29.6 Å². The van der Waals surface area contributed by atoms with E-state index in [1.54, 1.807) is 6.92 Å². The number of carbonyl (C=O) groups is 2. The molecule has 0 radical (unpaired) electrons. The average Bonchev–Trinajstić information content (AvgIpc) is 2.84. The van der Waals surface area contributed by atoms with Gasteiger partial charge in [-0.25, -0.2) is 29.9 Å². The van der Waals surface area contributed by atoms with Gasteiger partial charge >= 0.3 is 5.97 Å². The van der Waals surface area contributed by atoms with E-state index in [1.165, 1.54) is 25.1 Å². The molecule has 0 aliphatic rings. The van der Waals surface area contributed by atoms with Crippen molar-refractivity contribution in [3.8, 4) is 0 Å². The topological polar surface area (TPSA) is 120 Å². The van der Waals surface area contributed by atoms with E-state index < -0.39 is 31.9 Å². The van der Waals surface area contributed by atoms with E-state index >= 15 is 0 Å². The highest BCUT2D eigenvalue weighted by molar-refractivity contribution is 7.92. The van der Waals surface area contributed by atoms with Crippen LogP contribution in [0.4, 0.5) is 5.69 Å². The summed E-state index contributed by atoms with van der Waals surface area (Å²) in [6.45, 7) is 3.19. The van der Waals surface area contributed by atoms with Crippen molar-refractivity contribution in [2.45, 2.75) is 26.7 Å². The number of methoxy groups -OCH3 is 1. The van der Waals surface area contributed by atoms with Crippen molar-refractivity contribution in [3.63, 3.8) is 0 Å². The molecular formula is C17H22N2O7S2. The molecule has 0 aliphatic carbocycles. The zero-order chi connectivity index (χ0) is 21.4. The molecule has 1 aromatic heterocycles. The normalized spacial score (nSPS) is 12.2. The minimum absolute atomic E-state index is 0.0122.